The molecule has 7 nitrogen and oxygen atoms in total. The Morgan fingerprint density at radius 2 is 1.81 bits per heavy atom. The number of rotatable bonds is 5. The maximum absolute atomic E-state index is 5.83. The van der Waals surface area contributed by atoms with E-state index in [9.17, 15) is 0 Å². The van der Waals surface area contributed by atoms with Crippen molar-refractivity contribution >= 4 is 35.9 Å². The van der Waals surface area contributed by atoms with E-state index < -0.39 is 0 Å². The Labute approximate surface area is 177 Å². The van der Waals surface area contributed by atoms with Crippen LogP contribution in [0.4, 0.5) is 5.95 Å². The molecule has 1 aromatic carbocycles. The second kappa shape index (κ2) is 10.9. The number of halogens is 1. The van der Waals surface area contributed by atoms with Crippen LogP contribution < -0.4 is 15.0 Å². The van der Waals surface area contributed by atoms with Gasteiger partial charge in [-0.3, -0.25) is 4.99 Å². The molecule has 8 heteroatoms. The number of hydrogen-bond donors (Lipinski definition) is 1. The molecule has 0 aliphatic carbocycles. The van der Waals surface area contributed by atoms with Crippen molar-refractivity contribution in [2.45, 2.75) is 6.92 Å². The number of nitrogens with one attached hydrogen (secondary N) is 1. The van der Waals surface area contributed by atoms with Crippen molar-refractivity contribution in [1.82, 2.24) is 20.2 Å². The molecule has 146 valence electrons. The minimum atomic E-state index is 0. The number of ether oxygens (including phenoxy) is 1. The van der Waals surface area contributed by atoms with E-state index in [2.05, 4.69) is 43.1 Å². The molecule has 1 aliphatic heterocycles. The van der Waals surface area contributed by atoms with E-state index in [1.165, 1.54) is 0 Å². The third-order valence-electron chi connectivity index (χ3n) is 4.36. The van der Waals surface area contributed by atoms with Crippen molar-refractivity contribution in [3.63, 3.8) is 0 Å². The molecule has 0 bridgehead atoms. The zero-order chi connectivity index (χ0) is 18.2. The van der Waals surface area contributed by atoms with Crippen molar-refractivity contribution in [3.05, 3.63) is 48.3 Å². The molecule has 0 unspecified atom stereocenters. The molecule has 3 rings (SSSR count). The van der Waals surface area contributed by atoms with Crippen molar-refractivity contribution < 1.29 is 4.74 Å². The predicted molar refractivity (Wildman–Crippen MR) is 119 cm³/mol. The van der Waals surface area contributed by atoms with E-state index in [1.54, 1.807) is 12.4 Å². The molecule has 1 fully saturated rings. The average Bonchev–Trinajstić information content (AvgIpc) is 2.70. The van der Waals surface area contributed by atoms with Crippen molar-refractivity contribution in [2.75, 3.05) is 51.3 Å². The van der Waals surface area contributed by atoms with Gasteiger partial charge in [0.05, 0.1) is 6.54 Å². The Balaban J connectivity index is 0.00000261. The highest BCUT2D eigenvalue weighted by Gasteiger charge is 2.20. The summed E-state index contributed by atoms with van der Waals surface area (Å²) in [4.78, 5) is 17.5. The van der Waals surface area contributed by atoms with Gasteiger partial charge < -0.3 is 19.9 Å². The lowest BCUT2D eigenvalue weighted by molar-refractivity contribution is 0.313. The number of aryl methyl sites for hydroxylation is 1. The van der Waals surface area contributed by atoms with Gasteiger partial charge in [-0.1, -0.05) is 18.2 Å². The highest BCUT2D eigenvalue weighted by molar-refractivity contribution is 14.0. The van der Waals surface area contributed by atoms with E-state index in [-0.39, 0.29) is 24.0 Å². The third-order valence-corrected chi connectivity index (χ3v) is 4.36. The topological polar surface area (TPSA) is 65.9 Å². The number of anilines is 1. The van der Waals surface area contributed by atoms with Crippen molar-refractivity contribution in [1.29, 1.82) is 0 Å². The highest BCUT2D eigenvalue weighted by Crippen LogP contribution is 2.15. The van der Waals surface area contributed by atoms with Crippen LogP contribution in [0.25, 0.3) is 0 Å². The summed E-state index contributed by atoms with van der Waals surface area (Å²) in [6, 6.07) is 9.89. The van der Waals surface area contributed by atoms with Gasteiger partial charge in [0.25, 0.3) is 0 Å². The number of piperazine rings is 1. The molecular formula is C19H27IN6O. The first kappa shape index (κ1) is 21.2. The maximum Gasteiger partial charge on any atom is 0.225 e. The second-order valence-corrected chi connectivity index (χ2v) is 6.11. The van der Waals surface area contributed by atoms with Gasteiger partial charge >= 0.3 is 0 Å². The lowest BCUT2D eigenvalue weighted by atomic mass is 10.2. The summed E-state index contributed by atoms with van der Waals surface area (Å²) in [6.07, 6.45) is 3.56. The average molecular weight is 482 g/mol. The molecular weight excluding hydrogens is 455 g/mol. The number of para-hydroxylation sites is 1. The molecule has 1 N–H and O–H groups in total. The summed E-state index contributed by atoms with van der Waals surface area (Å²) in [6.45, 7) is 6.89. The standard InChI is InChI=1S/C19H26N6O.HI/c1-16-6-3-4-7-17(16)26-15-10-23-18(20-2)24-11-13-25(14-12-24)19-21-8-5-9-22-19;/h3-9H,10-15H2,1-2H3,(H,20,23);1H. The predicted octanol–water partition coefficient (Wildman–Crippen LogP) is 2.18. The molecule has 0 atom stereocenters. The van der Waals surface area contributed by atoms with E-state index in [4.69, 9.17) is 4.74 Å². The molecule has 2 aromatic rings. The fourth-order valence-electron chi connectivity index (χ4n) is 2.95. The summed E-state index contributed by atoms with van der Waals surface area (Å²) < 4.78 is 5.83. The fourth-order valence-corrected chi connectivity index (χ4v) is 2.95. The van der Waals surface area contributed by atoms with Crippen LogP contribution in [0, 0.1) is 6.92 Å². The molecule has 27 heavy (non-hydrogen) atoms. The molecule has 0 amide bonds. The Morgan fingerprint density at radius 1 is 1.11 bits per heavy atom. The SMILES string of the molecule is CN=C(NCCOc1ccccc1C)N1CCN(c2ncccn2)CC1.I. The number of nitrogens with zero attached hydrogens (tertiary/aromatic N) is 5. The first-order valence-electron chi connectivity index (χ1n) is 8.94. The molecule has 1 aromatic heterocycles. The van der Waals surface area contributed by atoms with Crippen LogP contribution in [0.1, 0.15) is 5.56 Å². The summed E-state index contributed by atoms with van der Waals surface area (Å²) >= 11 is 0. The molecule has 1 aliphatic rings. The Morgan fingerprint density at radius 3 is 2.48 bits per heavy atom. The van der Waals surface area contributed by atoms with Crippen LogP contribution in [0.15, 0.2) is 47.7 Å². The van der Waals surface area contributed by atoms with Gasteiger partial charge in [-0.25, -0.2) is 9.97 Å². The lowest BCUT2D eigenvalue weighted by Gasteiger charge is -2.36. The van der Waals surface area contributed by atoms with Crippen LogP contribution in [-0.4, -0.2) is 67.2 Å². The van der Waals surface area contributed by atoms with E-state index in [1.807, 2.05) is 31.3 Å². The summed E-state index contributed by atoms with van der Waals surface area (Å²) in [5.41, 5.74) is 1.15. The van der Waals surface area contributed by atoms with Gasteiger partial charge in [-0.2, -0.15) is 0 Å². The zero-order valence-electron chi connectivity index (χ0n) is 15.8. The van der Waals surface area contributed by atoms with Gasteiger partial charge in [0.2, 0.25) is 5.95 Å². The largest absolute Gasteiger partial charge is 0.491 e. The van der Waals surface area contributed by atoms with Crippen LogP contribution >= 0.6 is 24.0 Å². The quantitative estimate of drug-likeness (QED) is 0.305. The van der Waals surface area contributed by atoms with E-state index >= 15 is 0 Å². The Bertz CT molecular complexity index is 719. The van der Waals surface area contributed by atoms with Gasteiger partial charge in [-0.05, 0) is 24.6 Å². The number of hydrogen-bond acceptors (Lipinski definition) is 5. The smallest absolute Gasteiger partial charge is 0.225 e. The highest BCUT2D eigenvalue weighted by atomic mass is 127. The first-order chi connectivity index (χ1) is 12.8. The number of benzene rings is 1. The summed E-state index contributed by atoms with van der Waals surface area (Å²) in [5.74, 6) is 2.63. The molecule has 0 spiro atoms. The third kappa shape index (κ3) is 5.95. The fraction of sp³-hybridized carbons (Fsp3) is 0.421. The van der Waals surface area contributed by atoms with E-state index in [0.29, 0.717) is 13.2 Å². The van der Waals surface area contributed by atoms with Gasteiger partial charge in [0.1, 0.15) is 12.4 Å². The maximum atomic E-state index is 5.83. The van der Waals surface area contributed by atoms with Gasteiger partial charge in [0, 0.05) is 45.6 Å². The monoisotopic (exact) mass is 482 g/mol. The normalized spacial score (nSPS) is 14.5. The lowest BCUT2D eigenvalue weighted by Crippen LogP contribution is -2.53. The Hall–Kier alpha value is -2.10. The number of guanidine groups is 1. The zero-order valence-corrected chi connectivity index (χ0v) is 18.2. The van der Waals surface area contributed by atoms with Gasteiger partial charge in [0.15, 0.2) is 5.96 Å². The van der Waals surface area contributed by atoms with Crippen LogP contribution in [0.3, 0.4) is 0 Å². The number of aliphatic imine (C=N–C) groups is 1. The van der Waals surface area contributed by atoms with Crippen molar-refractivity contribution in [3.8, 4) is 5.75 Å². The molecule has 2 heterocycles. The Kier molecular flexibility index (Phi) is 8.56. The summed E-state index contributed by atoms with van der Waals surface area (Å²) in [7, 11) is 1.82. The van der Waals surface area contributed by atoms with Crippen LogP contribution in [-0.2, 0) is 0 Å². The molecule has 0 saturated carbocycles. The minimum absolute atomic E-state index is 0. The van der Waals surface area contributed by atoms with E-state index in [0.717, 1.165) is 49.4 Å². The van der Waals surface area contributed by atoms with Crippen LogP contribution in [0.5, 0.6) is 5.75 Å². The second-order valence-electron chi connectivity index (χ2n) is 6.11. The van der Waals surface area contributed by atoms with Crippen LogP contribution in [0.2, 0.25) is 0 Å². The minimum Gasteiger partial charge on any atom is -0.491 e. The van der Waals surface area contributed by atoms with Gasteiger partial charge in [-0.15, -0.1) is 24.0 Å². The first-order valence-corrected chi connectivity index (χ1v) is 8.94. The molecule has 0 radical (unpaired) electrons. The number of aromatic nitrogens is 2. The summed E-state index contributed by atoms with van der Waals surface area (Å²) in [5, 5.41) is 3.38. The van der Waals surface area contributed by atoms with Crippen molar-refractivity contribution in [2.24, 2.45) is 4.99 Å². The molecule has 1 saturated heterocycles.